The van der Waals surface area contributed by atoms with Crippen LogP contribution in [0, 0.1) is 0 Å². The lowest BCUT2D eigenvalue weighted by Gasteiger charge is -2.13. The molecule has 126 valence electrons. The van der Waals surface area contributed by atoms with Crippen LogP contribution in [0.25, 0.3) is 11.3 Å². The van der Waals surface area contributed by atoms with E-state index in [0.29, 0.717) is 18.1 Å². The topological polar surface area (TPSA) is 109 Å². The minimum absolute atomic E-state index is 0.178. The molecule has 0 unspecified atom stereocenters. The number of aliphatic carboxylic acids is 1. The second-order valence-electron chi connectivity index (χ2n) is 5.47. The van der Waals surface area contributed by atoms with Gasteiger partial charge in [-0.25, -0.2) is 4.98 Å². The van der Waals surface area contributed by atoms with Gasteiger partial charge in [0.1, 0.15) is 12.4 Å². The van der Waals surface area contributed by atoms with Crippen LogP contribution in [0.15, 0.2) is 30.6 Å². The molecule has 2 aromatic rings. The van der Waals surface area contributed by atoms with Gasteiger partial charge in [0.25, 0.3) is 0 Å². The fourth-order valence-electron chi connectivity index (χ4n) is 2.46. The van der Waals surface area contributed by atoms with Crippen molar-refractivity contribution in [2.75, 3.05) is 30.3 Å². The first-order chi connectivity index (χ1) is 11.7. The fourth-order valence-corrected chi connectivity index (χ4v) is 2.46. The first kappa shape index (κ1) is 16.1. The molecular formula is C16H19N5O3. The third-order valence-corrected chi connectivity index (χ3v) is 3.62. The molecule has 3 rings (SSSR count). The summed E-state index contributed by atoms with van der Waals surface area (Å²) in [5, 5.41) is 14.8. The van der Waals surface area contributed by atoms with Crippen LogP contribution in [0.4, 0.5) is 11.8 Å². The number of ether oxygens (including phenoxy) is 1. The molecule has 0 amide bonds. The number of carboxylic acid groups (broad SMARTS) is 1. The summed E-state index contributed by atoms with van der Waals surface area (Å²) in [6, 6.07) is 5.53. The number of hydrogen-bond donors (Lipinski definition) is 3. The number of aromatic nitrogens is 3. The van der Waals surface area contributed by atoms with Crippen molar-refractivity contribution < 1.29 is 14.6 Å². The van der Waals surface area contributed by atoms with Crippen LogP contribution in [-0.4, -0.2) is 51.8 Å². The molecule has 1 fully saturated rings. The monoisotopic (exact) mass is 329 g/mol. The first-order valence-electron chi connectivity index (χ1n) is 7.81. The highest BCUT2D eigenvalue weighted by atomic mass is 16.5. The molecule has 3 heterocycles. The van der Waals surface area contributed by atoms with E-state index in [2.05, 4.69) is 25.6 Å². The van der Waals surface area contributed by atoms with E-state index in [1.54, 1.807) is 12.4 Å². The van der Waals surface area contributed by atoms with E-state index in [9.17, 15) is 4.79 Å². The zero-order chi connectivity index (χ0) is 16.8. The van der Waals surface area contributed by atoms with Gasteiger partial charge >= 0.3 is 5.97 Å². The maximum absolute atomic E-state index is 10.8. The largest absolute Gasteiger partial charge is 0.480 e. The van der Waals surface area contributed by atoms with Crippen molar-refractivity contribution in [3.8, 4) is 11.3 Å². The number of pyridine rings is 1. The van der Waals surface area contributed by atoms with Crippen molar-refractivity contribution in [3.05, 3.63) is 30.6 Å². The molecular weight excluding hydrogens is 310 g/mol. The third-order valence-electron chi connectivity index (χ3n) is 3.62. The number of hydrogen-bond acceptors (Lipinski definition) is 7. The van der Waals surface area contributed by atoms with E-state index in [1.165, 1.54) is 0 Å². The summed E-state index contributed by atoms with van der Waals surface area (Å²) in [6.45, 7) is 1.20. The van der Waals surface area contributed by atoms with Crippen LogP contribution in [0.3, 0.4) is 0 Å². The Kier molecular flexibility index (Phi) is 5.17. The van der Waals surface area contributed by atoms with E-state index < -0.39 is 5.97 Å². The van der Waals surface area contributed by atoms with Gasteiger partial charge in [-0.2, -0.15) is 4.98 Å². The second-order valence-corrected chi connectivity index (χ2v) is 5.47. The highest BCUT2D eigenvalue weighted by Crippen LogP contribution is 2.21. The Labute approximate surface area is 139 Å². The summed E-state index contributed by atoms with van der Waals surface area (Å²) < 4.78 is 5.59. The Hall–Kier alpha value is -2.74. The minimum atomic E-state index is -0.973. The van der Waals surface area contributed by atoms with Crippen molar-refractivity contribution in [2.24, 2.45) is 0 Å². The molecule has 1 aliphatic rings. The van der Waals surface area contributed by atoms with Crippen molar-refractivity contribution >= 4 is 17.7 Å². The van der Waals surface area contributed by atoms with Crippen LogP contribution < -0.4 is 10.6 Å². The Morgan fingerprint density at radius 2 is 2.29 bits per heavy atom. The highest BCUT2D eigenvalue weighted by Gasteiger charge is 2.16. The molecule has 0 saturated carbocycles. The van der Waals surface area contributed by atoms with E-state index >= 15 is 0 Å². The zero-order valence-electron chi connectivity index (χ0n) is 13.1. The Balaban J connectivity index is 1.80. The highest BCUT2D eigenvalue weighted by molar-refractivity contribution is 5.72. The van der Waals surface area contributed by atoms with Gasteiger partial charge in [-0.05, 0) is 25.0 Å². The molecule has 24 heavy (non-hydrogen) atoms. The van der Waals surface area contributed by atoms with E-state index in [0.717, 1.165) is 25.0 Å². The third kappa shape index (κ3) is 4.39. The fraction of sp³-hybridized carbons (Fsp3) is 0.375. The SMILES string of the molecule is O=C(O)CNc1nc(NC[C@H]2CCCO2)cc(-c2cccnc2)n1. The van der Waals surface area contributed by atoms with Crippen LogP contribution in [0.5, 0.6) is 0 Å². The lowest BCUT2D eigenvalue weighted by atomic mass is 10.2. The molecule has 0 aliphatic carbocycles. The molecule has 1 atom stereocenters. The molecule has 1 saturated heterocycles. The van der Waals surface area contributed by atoms with Gasteiger partial charge in [-0.3, -0.25) is 9.78 Å². The average Bonchev–Trinajstić information content (AvgIpc) is 3.12. The average molecular weight is 329 g/mol. The van der Waals surface area contributed by atoms with Crippen molar-refractivity contribution in [1.29, 1.82) is 0 Å². The lowest BCUT2D eigenvalue weighted by molar-refractivity contribution is -0.134. The number of carbonyl (C=O) groups is 1. The van der Waals surface area contributed by atoms with Crippen LogP contribution >= 0.6 is 0 Å². The number of nitrogens with one attached hydrogen (secondary N) is 2. The summed E-state index contributed by atoms with van der Waals surface area (Å²) in [5.41, 5.74) is 1.50. The predicted octanol–water partition coefficient (Wildman–Crippen LogP) is 1.63. The maximum Gasteiger partial charge on any atom is 0.322 e. The lowest BCUT2D eigenvalue weighted by Crippen LogP contribution is -2.20. The van der Waals surface area contributed by atoms with Gasteiger partial charge in [0.05, 0.1) is 11.8 Å². The molecule has 1 aliphatic heterocycles. The second kappa shape index (κ2) is 7.69. The minimum Gasteiger partial charge on any atom is -0.480 e. The van der Waals surface area contributed by atoms with Crippen molar-refractivity contribution in [3.63, 3.8) is 0 Å². The molecule has 2 aromatic heterocycles. The molecule has 8 nitrogen and oxygen atoms in total. The molecule has 0 bridgehead atoms. The van der Waals surface area contributed by atoms with Crippen molar-refractivity contribution in [2.45, 2.75) is 18.9 Å². The normalized spacial score (nSPS) is 16.8. The summed E-state index contributed by atoms with van der Waals surface area (Å²) >= 11 is 0. The van der Waals surface area contributed by atoms with Gasteiger partial charge < -0.3 is 20.5 Å². The smallest absolute Gasteiger partial charge is 0.322 e. The van der Waals surface area contributed by atoms with Gasteiger partial charge in [0.15, 0.2) is 0 Å². The van der Waals surface area contributed by atoms with Crippen LogP contribution in [0.2, 0.25) is 0 Å². The summed E-state index contributed by atoms with van der Waals surface area (Å²) in [6.07, 6.45) is 5.66. The van der Waals surface area contributed by atoms with Crippen LogP contribution in [-0.2, 0) is 9.53 Å². The van der Waals surface area contributed by atoms with Gasteiger partial charge in [-0.1, -0.05) is 0 Å². The van der Waals surface area contributed by atoms with Gasteiger partial charge in [0.2, 0.25) is 5.95 Å². The van der Waals surface area contributed by atoms with Crippen LogP contribution in [0.1, 0.15) is 12.8 Å². The summed E-state index contributed by atoms with van der Waals surface area (Å²) in [4.78, 5) is 23.5. The standard InChI is InChI=1S/C16H19N5O3/c22-15(23)10-19-16-20-13(11-3-1-5-17-8-11)7-14(21-16)18-9-12-4-2-6-24-12/h1,3,5,7-8,12H,2,4,6,9-10H2,(H,22,23)(H2,18,19,20,21)/t12-/m1/s1. The predicted molar refractivity (Wildman–Crippen MR) is 88.9 cm³/mol. The number of rotatable bonds is 7. The number of anilines is 2. The summed E-state index contributed by atoms with van der Waals surface area (Å²) in [7, 11) is 0. The Bertz CT molecular complexity index is 689. The maximum atomic E-state index is 10.8. The Morgan fingerprint density at radius 1 is 1.38 bits per heavy atom. The Morgan fingerprint density at radius 3 is 3.00 bits per heavy atom. The molecule has 0 radical (unpaired) electrons. The molecule has 8 heteroatoms. The van der Waals surface area contributed by atoms with E-state index in [4.69, 9.17) is 9.84 Å². The molecule has 0 aromatic carbocycles. The zero-order valence-corrected chi connectivity index (χ0v) is 13.1. The molecule has 3 N–H and O–H groups in total. The summed E-state index contributed by atoms with van der Waals surface area (Å²) in [5.74, 6) is -0.0971. The van der Waals surface area contributed by atoms with Crippen molar-refractivity contribution in [1.82, 2.24) is 15.0 Å². The van der Waals surface area contributed by atoms with Gasteiger partial charge in [-0.15, -0.1) is 0 Å². The quantitative estimate of drug-likeness (QED) is 0.703. The van der Waals surface area contributed by atoms with E-state index in [-0.39, 0.29) is 18.6 Å². The van der Waals surface area contributed by atoms with E-state index in [1.807, 2.05) is 18.2 Å². The number of carboxylic acids is 1. The van der Waals surface area contributed by atoms with Gasteiger partial charge in [0, 0.05) is 37.2 Å². The number of nitrogens with zero attached hydrogens (tertiary/aromatic N) is 3. The molecule has 0 spiro atoms. The first-order valence-corrected chi connectivity index (χ1v) is 7.81.